The first-order valence-corrected chi connectivity index (χ1v) is 9.70. The van der Waals surface area contributed by atoms with E-state index in [1.165, 1.54) is 6.33 Å². The summed E-state index contributed by atoms with van der Waals surface area (Å²) >= 11 is 0. The van der Waals surface area contributed by atoms with Gasteiger partial charge in [0.2, 0.25) is 0 Å². The molecular formula is C23H25N3O4. The van der Waals surface area contributed by atoms with Crippen molar-refractivity contribution in [3.63, 3.8) is 0 Å². The van der Waals surface area contributed by atoms with E-state index in [1.54, 1.807) is 7.11 Å². The van der Waals surface area contributed by atoms with Crippen molar-refractivity contribution in [1.29, 1.82) is 0 Å². The fraction of sp³-hybridized carbons (Fsp3) is 0.304. The highest BCUT2D eigenvalue weighted by Crippen LogP contribution is 2.35. The molecule has 0 saturated carbocycles. The van der Waals surface area contributed by atoms with Crippen molar-refractivity contribution in [1.82, 2.24) is 9.97 Å². The molecule has 1 N–H and O–H groups in total. The predicted molar refractivity (Wildman–Crippen MR) is 117 cm³/mol. The number of anilines is 2. The molecule has 7 nitrogen and oxygen atoms in total. The van der Waals surface area contributed by atoms with Crippen molar-refractivity contribution in [2.24, 2.45) is 0 Å². The molecule has 0 aliphatic carbocycles. The van der Waals surface area contributed by atoms with Gasteiger partial charge in [-0.3, -0.25) is 0 Å². The summed E-state index contributed by atoms with van der Waals surface area (Å²) in [5.41, 5.74) is 2.35. The van der Waals surface area contributed by atoms with Crippen molar-refractivity contribution in [3.05, 3.63) is 48.3 Å². The molecule has 0 saturated heterocycles. The Kier molecular flexibility index (Phi) is 7.84. The quantitative estimate of drug-likeness (QED) is 0.383. The molecule has 3 rings (SSSR count). The maximum Gasteiger partial charge on any atom is 0.163 e. The van der Waals surface area contributed by atoms with E-state index in [4.69, 9.17) is 25.4 Å². The van der Waals surface area contributed by atoms with Crippen LogP contribution in [-0.4, -0.2) is 50.1 Å². The number of ether oxygens (including phenoxy) is 4. The molecule has 1 heterocycles. The molecule has 30 heavy (non-hydrogen) atoms. The van der Waals surface area contributed by atoms with Crippen molar-refractivity contribution in [2.45, 2.75) is 6.92 Å². The van der Waals surface area contributed by atoms with Crippen molar-refractivity contribution in [3.8, 4) is 23.8 Å². The SMILES string of the molecule is C#Cc1cccc(Nc2ncnc3cc(OCCOCC)c(OCCOC)cc23)c1. The highest BCUT2D eigenvalue weighted by molar-refractivity contribution is 5.93. The number of rotatable bonds is 11. The fourth-order valence-corrected chi connectivity index (χ4v) is 2.80. The molecule has 0 amide bonds. The van der Waals surface area contributed by atoms with Crippen molar-refractivity contribution < 1.29 is 18.9 Å². The van der Waals surface area contributed by atoms with E-state index in [0.29, 0.717) is 50.4 Å². The van der Waals surface area contributed by atoms with Gasteiger partial charge in [-0.2, -0.15) is 0 Å². The predicted octanol–water partition coefficient (Wildman–Crippen LogP) is 3.80. The summed E-state index contributed by atoms with van der Waals surface area (Å²) in [6, 6.07) is 11.3. The Morgan fingerprint density at radius 3 is 2.57 bits per heavy atom. The molecule has 0 unspecified atom stereocenters. The Balaban J connectivity index is 1.92. The third-order valence-electron chi connectivity index (χ3n) is 4.23. The number of terminal acetylenes is 1. The Hall–Kier alpha value is -3.34. The van der Waals surface area contributed by atoms with Crippen LogP contribution >= 0.6 is 0 Å². The van der Waals surface area contributed by atoms with Gasteiger partial charge in [0.05, 0.1) is 18.7 Å². The van der Waals surface area contributed by atoms with Gasteiger partial charge in [-0.1, -0.05) is 12.0 Å². The summed E-state index contributed by atoms with van der Waals surface area (Å²) in [6.07, 6.45) is 7.01. The van der Waals surface area contributed by atoms with E-state index in [2.05, 4.69) is 21.2 Å². The molecule has 1 aromatic heterocycles. The summed E-state index contributed by atoms with van der Waals surface area (Å²) in [4.78, 5) is 8.78. The highest BCUT2D eigenvalue weighted by Gasteiger charge is 2.13. The molecule has 0 aliphatic heterocycles. The molecule has 7 heteroatoms. The van der Waals surface area contributed by atoms with E-state index in [-0.39, 0.29) is 0 Å². The Morgan fingerprint density at radius 1 is 1.00 bits per heavy atom. The first-order chi connectivity index (χ1) is 14.7. The second-order valence-corrected chi connectivity index (χ2v) is 6.28. The molecule has 2 aromatic carbocycles. The van der Waals surface area contributed by atoms with E-state index >= 15 is 0 Å². The van der Waals surface area contributed by atoms with Crippen LogP contribution in [0.2, 0.25) is 0 Å². The second-order valence-electron chi connectivity index (χ2n) is 6.28. The van der Waals surface area contributed by atoms with E-state index in [0.717, 1.165) is 22.2 Å². The average Bonchev–Trinajstić information content (AvgIpc) is 2.77. The first-order valence-electron chi connectivity index (χ1n) is 9.70. The smallest absolute Gasteiger partial charge is 0.163 e. The molecule has 0 aliphatic rings. The monoisotopic (exact) mass is 407 g/mol. The van der Waals surface area contributed by atoms with Crippen LogP contribution in [-0.2, 0) is 9.47 Å². The standard InChI is InChI=1S/C23H25N3O4/c1-4-17-7-6-8-18(13-17)26-23-19-14-21(29-11-9-27-3)22(30-12-10-28-5-2)15-20(19)24-16-25-23/h1,6-8,13-16H,5,9-12H2,2-3H3,(H,24,25,26). The summed E-state index contributed by atoms with van der Waals surface area (Å²) in [5, 5.41) is 4.11. The van der Waals surface area contributed by atoms with E-state index in [9.17, 15) is 0 Å². The number of nitrogens with zero attached hydrogens (tertiary/aromatic N) is 2. The molecule has 0 radical (unpaired) electrons. The minimum absolute atomic E-state index is 0.393. The van der Waals surface area contributed by atoms with Gasteiger partial charge >= 0.3 is 0 Å². The van der Waals surface area contributed by atoms with Crippen LogP contribution in [0.15, 0.2) is 42.7 Å². The van der Waals surface area contributed by atoms with Gasteiger partial charge in [-0.05, 0) is 31.2 Å². The number of methoxy groups -OCH3 is 1. The number of aromatic nitrogens is 2. The van der Waals surface area contributed by atoms with Crippen LogP contribution in [0.3, 0.4) is 0 Å². The van der Waals surface area contributed by atoms with Gasteiger partial charge in [0, 0.05) is 36.4 Å². The lowest BCUT2D eigenvalue weighted by atomic mass is 10.2. The fourth-order valence-electron chi connectivity index (χ4n) is 2.80. The van der Waals surface area contributed by atoms with Crippen molar-refractivity contribution >= 4 is 22.4 Å². The maximum atomic E-state index is 5.88. The molecule has 156 valence electrons. The zero-order chi connectivity index (χ0) is 21.2. The lowest BCUT2D eigenvalue weighted by molar-refractivity contribution is 0.106. The molecule has 0 bridgehead atoms. The van der Waals surface area contributed by atoms with Crippen molar-refractivity contribution in [2.75, 3.05) is 45.5 Å². The molecule has 0 atom stereocenters. The normalized spacial score (nSPS) is 10.6. The topological polar surface area (TPSA) is 74.7 Å². The number of nitrogens with one attached hydrogen (secondary N) is 1. The van der Waals surface area contributed by atoms with E-state index < -0.39 is 0 Å². The lowest BCUT2D eigenvalue weighted by Gasteiger charge is -2.15. The molecule has 3 aromatic rings. The second kappa shape index (κ2) is 11.0. The van der Waals surface area contributed by atoms with Gasteiger partial charge in [0.25, 0.3) is 0 Å². The van der Waals surface area contributed by atoms with Crippen LogP contribution in [0.1, 0.15) is 12.5 Å². The van der Waals surface area contributed by atoms with Gasteiger partial charge < -0.3 is 24.3 Å². The van der Waals surface area contributed by atoms with Crippen LogP contribution in [0.25, 0.3) is 10.9 Å². The van der Waals surface area contributed by atoms with Gasteiger partial charge in [-0.15, -0.1) is 6.42 Å². The lowest BCUT2D eigenvalue weighted by Crippen LogP contribution is -2.09. The number of benzene rings is 2. The molecule has 0 fully saturated rings. The summed E-state index contributed by atoms with van der Waals surface area (Å²) in [6.45, 7) is 4.35. The molecular weight excluding hydrogens is 382 g/mol. The molecule has 0 spiro atoms. The van der Waals surface area contributed by atoms with Gasteiger partial charge in [0.15, 0.2) is 11.5 Å². The summed E-state index contributed by atoms with van der Waals surface area (Å²) < 4.78 is 22.2. The summed E-state index contributed by atoms with van der Waals surface area (Å²) in [7, 11) is 1.63. The van der Waals surface area contributed by atoms with E-state index in [1.807, 2.05) is 43.3 Å². The maximum absolute atomic E-state index is 5.88. The van der Waals surface area contributed by atoms with Gasteiger partial charge in [0.1, 0.15) is 25.4 Å². The number of hydrogen-bond donors (Lipinski definition) is 1. The van der Waals surface area contributed by atoms with Crippen LogP contribution in [0.5, 0.6) is 11.5 Å². The Morgan fingerprint density at radius 2 is 1.80 bits per heavy atom. The Labute approximate surface area is 176 Å². The zero-order valence-corrected chi connectivity index (χ0v) is 17.2. The van der Waals surface area contributed by atoms with Crippen LogP contribution < -0.4 is 14.8 Å². The third kappa shape index (κ3) is 5.60. The summed E-state index contributed by atoms with van der Waals surface area (Å²) in [5.74, 6) is 4.46. The van der Waals surface area contributed by atoms with Crippen LogP contribution in [0, 0.1) is 12.3 Å². The van der Waals surface area contributed by atoms with Crippen LogP contribution in [0.4, 0.5) is 11.5 Å². The third-order valence-corrected chi connectivity index (χ3v) is 4.23. The zero-order valence-electron chi connectivity index (χ0n) is 17.2. The Bertz CT molecular complexity index is 1020. The first kappa shape index (κ1) is 21.4. The minimum Gasteiger partial charge on any atom is -0.487 e. The highest BCUT2D eigenvalue weighted by atomic mass is 16.5. The van der Waals surface area contributed by atoms with Gasteiger partial charge in [-0.25, -0.2) is 9.97 Å². The average molecular weight is 407 g/mol. The number of fused-ring (bicyclic) bond motifs is 1. The largest absolute Gasteiger partial charge is 0.487 e. The minimum atomic E-state index is 0.393. The number of hydrogen-bond acceptors (Lipinski definition) is 7.